The number of piperidine rings is 1. The van der Waals surface area contributed by atoms with Crippen LogP contribution in [0.4, 0.5) is 11.6 Å². The van der Waals surface area contributed by atoms with E-state index in [4.69, 9.17) is 23.2 Å². The third-order valence-corrected chi connectivity index (χ3v) is 10.0. The van der Waals surface area contributed by atoms with Crippen molar-refractivity contribution in [3.8, 4) is 0 Å². The third kappa shape index (κ3) is 7.46. The van der Waals surface area contributed by atoms with Gasteiger partial charge in [0.2, 0.25) is 21.9 Å². The minimum atomic E-state index is -3.94. The number of benzene rings is 2. The molecule has 0 unspecified atom stereocenters. The van der Waals surface area contributed by atoms with Gasteiger partial charge in [0.05, 0.1) is 26.6 Å². The maximum atomic E-state index is 13.0. The van der Waals surface area contributed by atoms with Gasteiger partial charge in [-0.3, -0.25) is 4.79 Å². The van der Waals surface area contributed by atoms with Crippen LogP contribution in [0.2, 0.25) is 10.0 Å². The maximum Gasteiger partial charge on any atom is 0.264 e. The number of rotatable bonds is 8. The summed E-state index contributed by atoms with van der Waals surface area (Å²) in [6, 6.07) is 12.0. The molecule has 39 heavy (non-hydrogen) atoms. The molecule has 10 nitrogen and oxygen atoms in total. The lowest BCUT2D eigenvalue weighted by atomic mass is 9.99. The van der Waals surface area contributed by atoms with E-state index in [1.165, 1.54) is 34.6 Å². The second-order valence-electron chi connectivity index (χ2n) is 9.30. The fourth-order valence-electron chi connectivity index (χ4n) is 4.25. The zero-order valence-electron chi connectivity index (χ0n) is 21.2. The molecule has 1 aliphatic rings. The van der Waals surface area contributed by atoms with Gasteiger partial charge in [0, 0.05) is 30.2 Å². The number of nitrogens with zero attached hydrogens (tertiary/aromatic N) is 3. The minimum absolute atomic E-state index is 0.0270. The average molecular weight is 613 g/mol. The standard InChI is InChI=1S/C25H27Cl2N5O5S2/c1-16-12-17(2)29-25(28-16)31-39(36,37)21-8-6-20(7-9-21)30-24(33)19-4-3-11-32(14-19)38(34,35)15-18-5-10-22(26)23(27)13-18/h5-10,12-13,19H,3-4,11,14-15H2,1-2H3,(H,30,33)(H,28,29,31)/t19-/m0/s1. The van der Waals surface area contributed by atoms with Crippen molar-refractivity contribution in [2.45, 2.75) is 37.3 Å². The molecule has 208 valence electrons. The Kier molecular flexibility index (Phi) is 8.82. The van der Waals surface area contributed by atoms with Gasteiger partial charge >= 0.3 is 0 Å². The predicted molar refractivity (Wildman–Crippen MR) is 151 cm³/mol. The van der Waals surface area contributed by atoms with Gasteiger partial charge in [-0.1, -0.05) is 29.3 Å². The predicted octanol–water partition coefficient (Wildman–Crippen LogP) is 4.38. The van der Waals surface area contributed by atoms with Gasteiger partial charge in [0.15, 0.2) is 0 Å². The fourth-order valence-corrected chi connectivity index (χ4v) is 7.12. The number of nitrogens with one attached hydrogen (secondary N) is 2. The van der Waals surface area contributed by atoms with Crippen LogP contribution in [-0.2, 0) is 30.6 Å². The van der Waals surface area contributed by atoms with Crippen LogP contribution >= 0.6 is 23.2 Å². The molecule has 2 heterocycles. The molecule has 0 bridgehead atoms. The molecule has 14 heteroatoms. The molecule has 1 amide bonds. The van der Waals surface area contributed by atoms with Crippen LogP contribution in [0, 0.1) is 19.8 Å². The average Bonchev–Trinajstić information content (AvgIpc) is 2.85. The summed E-state index contributed by atoms with van der Waals surface area (Å²) >= 11 is 11.9. The Labute approximate surface area is 237 Å². The molecule has 4 rings (SSSR count). The summed E-state index contributed by atoms with van der Waals surface area (Å²) in [5, 5.41) is 3.37. The Balaban J connectivity index is 1.39. The van der Waals surface area contributed by atoms with Crippen molar-refractivity contribution in [1.29, 1.82) is 0 Å². The second kappa shape index (κ2) is 11.8. The highest BCUT2D eigenvalue weighted by Gasteiger charge is 2.32. The first-order valence-electron chi connectivity index (χ1n) is 12.0. The van der Waals surface area contributed by atoms with Crippen LogP contribution in [0.15, 0.2) is 53.4 Å². The normalized spacial score (nSPS) is 16.6. The molecular weight excluding hydrogens is 585 g/mol. The van der Waals surface area contributed by atoms with Gasteiger partial charge in [-0.05, 0) is 74.7 Å². The van der Waals surface area contributed by atoms with E-state index in [0.29, 0.717) is 47.0 Å². The molecule has 0 radical (unpaired) electrons. The van der Waals surface area contributed by atoms with Crippen LogP contribution in [0.3, 0.4) is 0 Å². The number of anilines is 2. The number of halogens is 2. The Morgan fingerprint density at radius 1 is 0.974 bits per heavy atom. The van der Waals surface area contributed by atoms with E-state index < -0.39 is 26.0 Å². The topological polar surface area (TPSA) is 138 Å². The van der Waals surface area contributed by atoms with Crippen molar-refractivity contribution < 1.29 is 21.6 Å². The SMILES string of the molecule is Cc1cc(C)nc(NS(=O)(=O)c2ccc(NC(=O)[C@H]3CCCN(S(=O)(=O)Cc4ccc(Cl)c(Cl)c4)C3)cc2)n1. The van der Waals surface area contributed by atoms with Crippen molar-refractivity contribution in [3.63, 3.8) is 0 Å². The summed E-state index contributed by atoms with van der Waals surface area (Å²) in [6.45, 7) is 3.83. The smallest absolute Gasteiger partial charge is 0.264 e. The number of sulfonamides is 2. The molecule has 1 fully saturated rings. The minimum Gasteiger partial charge on any atom is -0.326 e. The Bertz CT molecular complexity index is 1580. The van der Waals surface area contributed by atoms with Gasteiger partial charge < -0.3 is 5.32 Å². The molecule has 0 spiro atoms. The first kappa shape index (κ1) is 29.2. The van der Waals surface area contributed by atoms with E-state index in [2.05, 4.69) is 20.0 Å². The van der Waals surface area contributed by atoms with E-state index in [1.807, 2.05) is 0 Å². The molecule has 1 aliphatic heterocycles. The largest absolute Gasteiger partial charge is 0.326 e. The number of aryl methyl sites for hydroxylation is 2. The first-order chi connectivity index (χ1) is 18.3. The summed E-state index contributed by atoms with van der Waals surface area (Å²) in [7, 11) is -7.63. The summed E-state index contributed by atoms with van der Waals surface area (Å²) in [5.41, 5.74) is 2.14. The number of aromatic nitrogens is 2. The number of carbonyl (C=O) groups excluding carboxylic acids is 1. The van der Waals surface area contributed by atoms with Crippen molar-refractivity contribution in [2.24, 2.45) is 5.92 Å². The zero-order valence-corrected chi connectivity index (χ0v) is 24.3. The molecule has 3 aromatic rings. The van der Waals surface area contributed by atoms with E-state index >= 15 is 0 Å². The molecule has 2 N–H and O–H groups in total. The van der Waals surface area contributed by atoms with E-state index in [1.54, 1.807) is 32.0 Å². The molecule has 0 aliphatic carbocycles. The monoisotopic (exact) mass is 611 g/mol. The Morgan fingerprint density at radius 3 is 2.28 bits per heavy atom. The van der Waals surface area contributed by atoms with Crippen LogP contribution in [0.1, 0.15) is 29.8 Å². The summed E-state index contributed by atoms with van der Waals surface area (Å²) in [6.07, 6.45) is 1.05. The maximum absolute atomic E-state index is 13.0. The van der Waals surface area contributed by atoms with E-state index in [0.717, 1.165) is 0 Å². The summed E-state index contributed by atoms with van der Waals surface area (Å²) < 4.78 is 55.2. The first-order valence-corrected chi connectivity index (χ1v) is 15.8. The highest BCUT2D eigenvalue weighted by atomic mass is 35.5. The van der Waals surface area contributed by atoms with Crippen LogP contribution in [0.25, 0.3) is 0 Å². The number of hydrogen-bond donors (Lipinski definition) is 2. The van der Waals surface area contributed by atoms with Gasteiger partial charge in [-0.15, -0.1) is 0 Å². The molecule has 1 saturated heterocycles. The second-order valence-corrected chi connectivity index (χ2v) is 13.8. The molecular formula is C25H27Cl2N5O5S2. The molecule has 1 aromatic heterocycles. The van der Waals surface area contributed by atoms with E-state index in [-0.39, 0.29) is 34.1 Å². The molecule has 2 aromatic carbocycles. The number of hydrogen-bond acceptors (Lipinski definition) is 7. The molecule has 0 saturated carbocycles. The Morgan fingerprint density at radius 2 is 1.64 bits per heavy atom. The lowest BCUT2D eigenvalue weighted by Crippen LogP contribution is -2.44. The van der Waals surface area contributed by atoms with Crippen LogP contribution in [-0.4, -0.2) is 50.1 Å². The lowest BCUT2D eigenvalue weighted by molar-refractivity contribution is -0.120. The van der Waals surface area contributed by atoms with Crippen molar-refractivity contribution in [1.82, 2.24) is 14.3 Å². The van der Waals surface area contributed by atoms with E-state index in [9.17, 15) is 21.6 Å². The zero-order chi connectivity index (χ0) is 28.4. The van der Waals surface area contributed by atoms with Gasteiger partial charge in [-0.2, -0.15) is 0 Å². The van der Waals surface area contributed by atoms with Gasteiger partial charge in [-0.25, -0.2) is 35.8 Å². The highest BCUT2D eigenvalue weighted by molar-refractivity contribution is 7.92. The lowest BCUT2D eigenvalue weighted by Gasteiger charge is -2.31. The van der Waals surface area contributed by atoms with Crippen molar-refractivity contribution in [3.05, 3.63) is 75.5 Å². The quantitative estimate of drug-likeness (QED) is 0.385. The summed E-state index contributed by atoms with van der Waals surface area (Å²) in [4.78, 5) is 21.1. The van der Waals surface area contributed by atoms with Crippen molar-refractivity contribution in [2.75, 3.05) is 23.1 Å². The third-order valence-electron chi connectivity index (χ3n) is 6.12. The van der Waals surface area contributed by atoms with Crippen LogP contribution in [0.5, 0.6) is 0 Å². The Hall–Kier alpha value is -2.77. The molecule has 1 atom stereocenters. The summed E-state index contributed by atoms with van der Waals surface area (Å²) in [5.74, 6) is -1.19. The number of carbonyl (C=O) groups is 1. The highest BCUT2D eigenvalue weighted by Crippen LogP contribution is 2.27. The number of amides is 1. The van der Waals surface area contributed by atoms with Crippen molar-refractivity contribution >= 4 is 60.8 Å². The fraction of sp³-hybridized carbons (Fsp3) is 0.320. The van der Waals surface area contributed by atoms with Gasteiger partial charge in [0.25, 0.3) is 10.0 Å². The van der Waals surface area contributed by atoms with Gasteiger partial charge in [0.1, 0.15) is 0 Å². The van der Waals surface area contributed by atoms with Crippen LogP contribution < -0.4 is 10.0 Å².